The van der Waals surface area contributed by atoms with Crippen molar-refractivity contribution in [1.82, 2.24) is 14.0 Å². The highest BCUT2D eigenvalue weighted by atomic mass is 19.4. The Morgan fingerprint density at radius 2 is 1.63 bits per heavy atom. The van der Waals surface area contributed by atoms with E-state index >= 15 is 0 Å². The van der Waals surface area contributed by atoms with Gasteiger partial charge in [-0.2, -0.15) is 13.2 Å². The quantitative estimate of drug-likeness (QED) is 0.528. The number of likely N-dealkylation sites (N-methyl/N-ethyl adjacent to an activating group) is 1. The Labute approximate surface area is 198 Å². The number of carbonyl (C=O) groups excluding carboxylic acids is 2. The van der Waals surface area contributed by atoms with E-state index in [0.717, 1.165) is 33.2 Å². The molecule has 3 rings (SSSR count). The second kappa shape index (κ2) is 10.9. The second-order valence-electron chi connectivity index (χ2n) is 7.64. The van der Waals surface area contributed by atoms with Crippen LogP contribution in [0, 0.1) is 0 Å². The Morgan fingerprint density at radius 1 is 0.971 bits per heavy atom. The Balaban J connectivity index is 1.73. The Kier molecular flexibility index (Phi) is 7.90. The number of hydrogen-bond donors (Lipinski definition) is 1. The van der Waals surface area contributed by atoms with Crippen molar-refractivity contribution in [3.63, 3.8) is 0 Å². The molecule has 0 spiro atoms. The van der Waals surface area contributed by atoms with Crippen molar-refractivity contribution in [2.45, 2.75) is 26.2 Å². The fourth-order valence-corrected chi connectivity index (χ4v) is 3.42. The molecule has 0 bridgehead atoms. The first-order valence-corrected chi connectivity index (χ1v) is 10.7. The minimum absolute atomic E-state index is 0.0347. The first-order valence-electron chi connectivity index (χ1n) is 10.7. The van der Waals surface area contributed by atoms with Crippen LogP contribution in [0.25, 0.3) is 0 Å². The van der Waals surface area contributed by atoms with E-state index < -0.39 is 53.6 Å². The standard InChI is InChI=1S/C24H23F3N4O4/c1-2-29(15-20(32)28-19-11-7-6-10-18(19)24(25,26)27)22(34)16-31-21(33)12-13-30(23(31)35)14-17-8-4-3-5-9-17/h3-13H,2,14-16H2,1H3,(H,28,32). The van der Waals surface area contributed by atoms with Crippen LogP contribution in [-0.2, 0) is 28.9 Å². The summed E-state index contributed by atoms with van der Waals surface area (Å²) in [6.07, 6.45) is -3.33. The lowest BCUT2D eigenvalue weighted by atomic mass is 10.1. The number of benzene rings is 2. The largest absolute Gasteiger partial charge is 0.418 e. The zero-order valence-corrected chi connectivity index (χ0v) is 18.8. The van der Waals surface area contributed by atoms with Crippen LogP contribution in [0.3, 0.4) is 0 Å². The number of anilines is 1. The van der Waals surface area contributed by atoms with Crippen LogP contribution in [-0.4, -0.2) is 38.9 Å². The highest BCUT2D eigenvalue weighted by Crippen LogP contribution is 2.34. The zero-order chi connectivity index (χ0) is 25.6. The molecule has 0 aliphatic heterocycles. The lowest BCUT2D eigenvalue weighted by Crippen LogP contribution is -2.46. The van der Waals surface area contributed by atoms with Gasteiger partial charge in [0.2, 0.25) is 11.8 Å². The summed E-state index contributed by atoms with van der Waals surface area (Å²) in [5.41, 5.74) is -2.02. The minimum Gasteiger partial charge on any atom is -0.332 e. The second-order valence-corrected chi connectivity index (χ2v) is 7.64. The molecule has 35 heavy (non-hydrogen) atoms. The van der Waals surface area contributed by atoms with Gasteiger partial charge in [-0.1, -0.05) is 42.5 Å². The zero-order valence-electron chi connectivity index (χ0n) is 18.8. The van der Waals surface area contributed by atoms with Gasteiger partial charge in [0.1, 0.15) is 6.54 Å². The number of nitrogens with zero attached hydrogens (tertiary/aromatic N) is 3. The molecule has 0 aliphatic rings. The Bertz CT molecular complexity index is 1320. The molecular formula is C24H23F3N4O4. The summed E-state index contributed by atoms with van der Waals surface area (Å²) in [7, 11) is 0. The predicted molar refractivity (Wildman–Crippen MR) is 123 cm³/mol. The van der Waals surface area contributed by atoms with Gasteiger partial charge in [-0.15, -0.1) is 0 Å². The molecule has 1 N–H and O–H groups in total. The van der Waals surface area contributed by atoms with Gasteiger partial charge in [0.05, 0.1) is 24.3 Å². The lowest BCUT2D eigenvalue weighted by Gasteiger charge is -2.21. The summed E-state index contributed by atoms with van der Waals surface area (Å²) in [5.74, 6) is -1.55. The van der Waals surface area contributed by atoms with Crippen molar-refractivity contribution in [1.29, 1.82) is 0 Å². The van der Waals surface area contributed by atoms with Crippen molar-refractivity contribution in [3.05, 3.63) is 98.8 Å². The van der Waals surface area contributed by atoms with Crippen LogP contribution < -0.4 is 16.6 Å². The maximum Gasteiger partial charge on any atom is 0.418 e. The van der Waals surface area contributed by atoms with Crippen molar-refractivity contribution >= 4 is 17.5 Å². The number of nitrogens with one attached hydrogen (secondary N) is 1. The maximum atomic E-state index is 13.2. The molecule has 0 radical (unpaired) electrons. The van der Waals surface area contributed by atoms with Crippen molar-refractivity contribution in [2.24, 2.45) is 0 Å². The summed E-state index contributed by atoms with van der Waals surface area (Å²) < 4.78 is 41.5. The number of aromatic nitrogens is 2. The van der Waals surface area contributed by atoms with E-state index in [0.29, 0.717) is 0 Å². The van der Waals surface area contributed by atoms with Gasteiger partial charge in [0.15, 0.2) is 0 Å². The number of para-hydroxylation sites is 1. The fourth-order valence-electron chi connectivity index (χ4n) is 3.42. The van der Waals surface area contributed by atoms with Gasteiger partial charge in [0, 0.05) is 18.8 Å². The molecule has 1 heterocycles. The van der Waals surface area contributed by atoms with Crippen molar-refractivity contribution in [2.75, 3.05) is 18.4 Å². The highest BCUT2D eigenvalue weighted by molar-refractivity contribution is 5.95. The normalized spacial score (nSPS) is 11.2. The Morgan fingerprint density at radius 3 is 2.29 bits per heavy atom. The van der Waals surface area contributed by atoms with Crippen LogP contribution in [0.1, 0.15) is 18.1 Å². The molecule has 0 saturated carbocycles. The smallest absolute Gasteiger partial charge is 0.332 e. The van der Waals surface area contributed by atoms with E-state index in [4.69, 9.17) is 0 Å². The molecule has 11 heteroatoms. The summed E-state index contributed by atoms with van der Waals surface area (Å²) >= 11 is 0. The average Bonchev–Trinajstić information content (AvgIpc) is 2.82. The van der Waals surface area contributed by atoms with Gasteiger partial charge < -0.3 is 10.2 Å². The third-order valence-corrected chi connectivity index (χ3v) is 5.20. The van der Waals surface area contributed by atoms with Crippen LogP contribution in [0.4, 0.5) is 18.9 Å². The van der Waals surface area contributed by atoms with Crippen LogP contribution >= 0.6 is 0 Å². The van der Waals surface area contributed by atoms with E-state index in [-0.39, 0.29) is 13.1 Å². The van der Waals surface area contributed by atoms with Crippen LogP contribution in [0.2, 0.25) is 0 Å². The average molecular weight is 488 g/mol. The third kappa shape index (κ3) is 6.46. The van der Waals surface area contributed by atoms with Gasteiger partial charge in [0.25, 0.3) is 5.56 Å². The van der Waals surface area contributed by atoms with Gasteiger partial charge in [-0.3, -0.25) is 23.5 Å². The first-order chi connectivity index (χ1) is 16.6. The molecule has 2 aromatic carbocycles. The predicted octanol–water partition coefficient (Wildman–Crippen LogP) is 2.56. The van der Waals surface area contributed by atoms with Gasteiger partial charge in [-0.25, -0.2) is 4.79 Å². The molecule has 8 nitrogen and oxygen atoms in total. The van der Waals surface area contributed by atoms with E-state index in [1.54, 1.807) is 31.2 Å². The van der Waals surface area contributed by atoms with Crippen LogP contribution in [0.5, 0.6) is 0 Å². The summed E-state index contributed by atoms with van der Waals surface area (Å²) in [4.78, 5) is 51.3. The lowest BCUT2D eigenvalue weighted by molar-refractivity contribution is -0.137. The Hall–Kier alpha value is -4.15. The number of carbonyl (C=O) groups is 2. The topological polar surface area (TPSA) is 93.4 Å². The number of rotatable bonds is 8. The number of halogens is 3. The summed E-state index contributed by atoms with van der Waals surface area (Å²) in [6, 6.07) is 14.7. The molecule has 0 unspecified atom stereocenters. The molecule has 1 aromatic heterocycles. The van der Waals surface area contributed by atoms with Crippen LogP contribution in [0.15, 0.2) is 76.4 Å². The van der Waals surface area contributed by atoms with Crippen molar-refractivity contribution < 1.29 is 22.8 Å². The third-order valence-electron chi connectivity index (χ3n) is 5.20. The first kappa shape index (κ1) is 25.5. The van der Waals surface area contributed by atoms with E-state index in [1.165, 1.54) is 22.9 Å². The fraction of sp³-hybridized carbons (Fsp3) is 0.250. The molecule has 2 amide bonds. The van der Waals surface area contributed by atoms with Gasteiger partial charge >= 0.3 is 11.9 Å². The molecule has 0 fully saturated rings. The van der Waals surface area contributed by atoms with E-state index in [1.807, 2.05) is 6.07 Å². The SMILES string of the molecule is CCN(CC(=O)Nc1ccccc1C(F)(F)F)C(=O)Cn1c(=O)ccn(Cc2ccccc2)c1=O. The summed E-state index contributed by atoms with van der Waals surface area (Å²) in [5, 5.41) is 2.17. The molecule has 184 valence electrons. The minimum atomic E-state index is -4.67. The van der Waals surface area contributed by atoms with Crippen molar-refractivity contribution in [3.8, 4) is 0 Å². The maximum absolute atomic E-state index is 13.2. The number of amides is 2. The van der Waals surface area contributed by atoms with E-state index in [2.05, 4.69) is 5.32 Å². The molecule has 0 atom stereocenters. The molecule has 0 saturated heterocycles. The molecular weight excluding hydrogens is 465 g/mol. The monoisotopic (exact) mass is 488 g/mol. The summed E-state index contributed by atoms with van der Waals surface area (Å²) in [6.45, 7) is 0.616. The van der Waals surface area contributed by atoms with E-state index in [9.17, 15) is 32.3 Å². The highest BCUT2D eigenvalue weighted by Gasteiger charge is 2.33. The molecule has 3 aromatic rings. The number of hydrogen-bond acceptors (Lipinski definition) is 4. The molecule has 0 aliphatic carbocycles. The number of alkyl halides is 3. The van der Waals surface area contributed by atoms with Gasteiger partial charge in [-0.05, 0) is 24.6 Å².